The van der Waals surface area contributed by atoms with Gasteiger partial charge in [-0.2, -0.15) is 0 Å². The molecule has 1 saturated carbocycles. The van der Waals surface area contributed by atoms with Gasteiger partial charge in [-0.3, -0.25) is 9.78 Å². The van der Waals surface area contributed by atoms with Crippen molar-refractivity contribution in [3.63, 3.8) is 0 Å². The van der Waals surface area contributed by atoms with E-state index in [-0.39, 0.29) is 5.78 Å². The Bertz CT molecular complexity index is 886. The van der Waals surface area contributed by atoms with Crippen LogP contribution in [0.3, 0.4) is 0 Å². The van der Waals surface area contributed by atoms with Gasteiger partial charge in [0, 0.05) is 24.1 Å². The van der Waals surface area contributed by atoms with E-state index in [4.69, 9.17) is 4.98 Å². The Hall–Kier alpha value is -2.43. The molecule has 0 amide bonds. The Morgan fingerprint density at radius 3 is 2.96 bits per heavy atom. The minimum Gasteiger partial charge on any atom is -0.340 e. The van der Waals surface area contributed by atoms with Crippen LogP contribution in [-0.4, -0.2) is 32.2 Å². The van der Waals surface area contributed by atoms with Gasteiger partial charge in [-0.25, -0.2) is 4.98 Å². The number of pyridine rings is 1. The van der Waals surface area contributed by atoms with E-state index in [0.29, 0.717) is 18.9 Å². The zero-order valence-electron chi connectivity index (χ0n) is 13.6. The standard InChI is InChI=1S/C19H20N4O/c24-13-6-7-16-18-14(8-9-23(16)11-13)17-15(10-20-18)21-19(22-17)12-4-2-1-3-5-12/h7-10,12H,1-6,11H2,(H,21,22). The average Bonchev–Trinajstić information content (AvgIpc) is 3.06. The lowest BCUT2D eigenvalue weighted by Gasteiger charge is -2.29. The van der Waals surface area contributed by atoms with Crippen molar-refractivity contribution in [3.8, 4) is 0 Å². The van der Waals surface area contributed by atoms with Crippen molar-refractivity contribution in [1.29, 1.82) is 0 Å². The molecule has 0 spiro atoms. The first-order valence-electron chi connectivity index (χ1n) is 8.85. The van der Waals surface area contributed by atoms with Crippen molar-refractivity contribution >= 4 is 28.6 Å². The number of ketones is 1. The Balaban J connectivity index is 1.61. The van der Waals surface area contributed by atoms with Crippen molar-refractivity contribution in [2.24, 2.45) is 0 Å². The fraction of sp³-hybridized carbons (Fsp3) is 0.421. The van der Waals surface area contributed by atoms with E-state index < -0.39 is 0 Å². The Labute approximate surface area is 140 Å². The molecule has 2 aliphatic heterocycles. The van der Waals surface area contributed by atoms with Crippen LogP contribution in [0.5, 0.6) is 0 Å². The van der Waals surface area contributed by atoms with Gasteiger partial charge in [0.15, 0.2) is 5.78 Å². The molecule has 0 aromatic carbocycles. The smallest absolute Gasteiger partial charge is 0.156 e. The van der Waals surface area contributed by atoms with E-state index in [1.54, 1.807) is 0 Å². The molecule has 0 atom stereocenters. The summed E-state index contributed by atoms with van der Waals surface area (Å²) >= 11 is 0. The highest BCUT2D eigenvalue weighted by atomic mass is 16.1. The molecule has 5 rings (SSSR count). The van der Waals surface area contributed by atoms with Gasteiger partial charge in [0.2, 0.25) is 0 Å². The third-order valence-corrected chi connectivity index (χ3v) is 5.42. The molecule has 3 aliphatic rings. The Kier molecular flexibility index (Phi) is 3.08. The number of Topliss-reactive ketones (excluding diaryl/α,β-unsaturated/α-hetero) is 1. The topological polar surface area (TPSA) is 61.9 Å². The van der Waals surface area contributed by atoms with Gasteiger partial charge in [0.1, 0.15) is 5.82 Å². The molecule has 2 aromatic rings. The summed E-state index contributed by atoms with van der Waals surface area (Å²) in [6.07, 6.45) is 14.8. The SMILES string of the molecule is O=C1CC=C2c3ncc4[nH]c(C5CCCCC5)nc4c3C=CN2C1. The van der Waals surface area contributed by atoms with Crippen LogP contribution in [-0.2, 0) is 4.79 Å². The molecule has 24 heavy (non-hydrogen) atoms. The first kappa shape index (κ1) is 14.0. The molecular weight excluding hydrogens is 300 g/mol. The maximum atomic E-state index is 11.7. The lowest BCUT2D eigenvalue weighted by atomic mass is 9.89. The lowest BCUT2D eigenvalue weighted by molar-refractivity contribution is -0.118. The van der Waals surface area contributed by atoms with Gasteiger partial charge < -0.3 is 9.88 Å². The number of carbonyl (C=O) groups is 1. The van der Waals surface area contributed by atoms with Gasteiger partial charge in [-0.15, -0.1) is 0 Å². The number of aromatic nitrogens is 3. The number of carbonyl (C=O) groups excluding carboxylic acids is 1. The highest BCUT2D eigenvalue weighted by Gasteiger charge is 2.27. The van der Waals surface area contributed by atoms with E-state index in [2.05, 4.69) is 9.97 Å². The summed E-state index contributed by atoms with van der Waals surface area (Å²) in [4.78, 5) is 26.8. The molecule has 4 heterocycles. The van der Waals surface area contributed by atoms with Gasteiger partial charge >= 0.3 is 0 Å². The van der Waals surface area contributed by atoms with Crippen LogP contribution < -0.4 is 0 Å². The molecule has 0 radical (unpaired) electrons. The summed E-state index contributed by atoms with van der Waals surface area (Å²) < 4.78 is 0. The number of allylic oxidation sites excluding steroid dienone is 1. The molecule has 0 saturated heterocycles. The number of rotatable bonds is 1. The van der Waals surface area contributed by atoms with Crippen molar-refractivity contribution < 1.29 is 4.79 Å². The van der Waals surface area contributed by atoms with Gasteiger partial charge in [0.05, 0.1) is 35.2 Å². The summed E-state index contributed by atoms with van der Waals surface area (Å²) in [5.41, 5.74) is 5.08. The van der Waals surface area contributed by atoms with E-state index in [1.807, 2.05) is 29.4 Å². The van der Waals surface area contributed by atoms with E-state index in [1.165, 1.54) is 32.1 Å². The molecule has 2 aromatic heterocycles. The summed E-state index contributed by atoms with van der Waals surface area (Å²) in [6.45, 7) is 0.440. The summed E-state index contributed by atoms with van der Waals surface area (Å²) in [5, 5.41) is 0. The number of imidazole rings is 1. The predicted octanol–water partition coefficient (Wildman–Crippen LogP) is 3.61. The van der Waals surface area contributed by atoms with Crippen LogP contribution in [0.1, 0.15) is 61.5 Å². The largest absolute Gasteiger partial charge is 0.340 e. The summed E-state index contributed by atoms with van der Waals surface area (Å²) in [5.74, 6) is 1.91. The molecule has 1 aliphatic carbocycles. The van der Waals surface area contributed by atoms with Crippen LogP contribution in [0.25, 0.3) is 22.8 Å². The normalized spacial score (nSPS) is 20.9. The summed E-state index contributed by atoms with van der Waals surface area (Å²) in [6, 6.07) is 0. The number of nitrogens with zero attached hydrogens (tertiary/aromatic N) is 3. The van der Waals surface area contributed by atoms with Crippen molar-refractivity contribution in [1.82, 2.24) is 19.9 Å². The number of H-pyrrole nitrogens is 1. The Morgan fingerprint density at radius 1 is 1.21 bits per heavy atom. The van der Waals surface area contributed by atoms with Crippen LogP contribution in [0.4, 0.5) is 0 Å². The first-order chi connectivity index (χ1) is 11.8. The van der Waals surface area contributed by atoms with Gasteiger partial charge in [-0.1, -0.05) is 25.3 Å². The first-order valence-corrected chi connectivity index (χ1v) is 8.85. The minimum absolute atomic E-state index is 0.243. The second kappa shape index (κ2) is 5.30. The maximum absolute atomic E-state index is 11.7. The number of hydrogen-bond donors (Lipinski definition) is 1. The molecule has 5 nitrogen and oxygen atoms in total. The number of aromatic amines is 1. The minimum atomic E-state index is 0.243. The summed E-state index contributed by atoms with van der Waals surface area (Å²) in [7, 11) is 0. The van der Waals surface area contributed by atoms with Crippen LogP contribution in [0.15, 0.2) is 18.5 Å². The third kappa shape index (κ3) is 2.11. The number of fused-ring (bicyclic) bond motifs is 5. The lowest BCUT2D eigenvalue weighted by Crippen LogP contribution is -2.29. The average molecular weight is 320 g/mol. The Morgan fingerprint density at radius 2 is 2.08 bits per heavy atom. The van der Waals surface area contributed by atoms with E-state index in [9.17, 15) is 4.79 Å². The maximum Gasteiger partial charge on any atom is 0.156 e. The van der Waals surface area contributed by atoms with E-state index in [0.717, 1.165) is 33.8 Å². The highest BCUT2D eigenvalue weighted by Crippen LogP contribution is 2.36. The number of hydrogen-bond acceptors (Lipinski definition) is 4. The quantitative estimate of drug-likeness (QED) is 0.872. The molecule has 0 unspecified atom stereocenters. The molecule has 122 valence electrons. The molecule has 1 N–H and O–H groups in total. The van der Waals surface area contributed by atoms with Crippen LogP contribution in [0, 0.1) is 0 Å². The fourth-order valence-corrected chi connectivity index (χ4v) is 4.14. The molecule has 0 bridgehead atoms. The number of nitrogens with one attached hydrogen (secondary N) is 1. The van der Waals surface area contributed by atoms with Crippen LogP contribution >= 0.6 is 0 Å². The monoisotopic (exact) mass is 320 g/mol. The van der Waals surface area contributed by atoms with Crippen molar-refractivity contribution in [2.45, 2.75) is 44.4 Å². The fourth-order valence-electron chi connectivity index (χ4n) is 4.14. The van der Waals surface area contributed by atoms with Crippen molar-refractivity contribution in [3.05, 3.63) is 35.6 Å². The molecule has 1 fully saturated rings. The van der Waals surface area contributed by atoms with Crippen molar-refractivity contribution in [2.75, 3.05) is 6.54 Å². The highest BCUT2D eigenvalue weighted by molar-refractivity contribution is 5.95. The van der Waals surface area contributed by atoms with Crippen LogP contribution in [0.2, 0.25) is 0 Å². The zero-order chi connectivity index (χ0) is 16.1. The second-order valence-electron chi connectivity index (χ2n) is 7.02. The zero-order valence-corrected chi connectivity index (χ0v) is 13.6. The predicted molar refractivity (Wildman–Crippen MR) is 93.1 cm³/mol. The molecular formula is C19H20N4O. The van der Waals surface area contributed by atoms with Gasteiger partial charge in [-0.05, 0) is 18.9 Å². The van der Waals surface area contributed by atoms with E-state index >= 15 is 0 Å². The van der Waals surface area contributed by atoms with Gasteiger partial charge in [0.25, 0.3) is 0 Å². The third-order valence-electron chi connectivity index (χ3n) is 5.42. The molecule has 5 heteroatoms. The second-order valence-corrected chi connectivity index (χ2v) is 7.02.